The molecule has 0 saturated heterocycles. The molecule has 1 aromatic carbocycles. The summed E-state index contributed by atoms with van der Waals surface area (Å²) >= 11 is 11.6. The summed E-state index contributed by atoms with van der Waals surface area (Å²) in [5.41, 5.74) is -0.292. The van der Waals surface area contributed by atoms with E-state index in [1.807, 2.05) is 0 Å². The van der Waals surface area contributed by atoms with Gasteiger partial charge in [-0.3, -0.25) is 4.79 Å². The molecule has 1 aromatic heterocycles. The van der Waals surface area contributed by atoms with Crippen molar-refractivity contribution in [2.45, 2.75) is 0 Å². The highest BCUT2D eigenvalue weighted by Gasteiger charge is 2.12. The van der Waals surface area contributed by atoms with Crippen LogP contribution in [-0.4, -0.2) is 15.7 Å². The van der Waals surface area contributed by atoms with Crippen molar-refractivity contribution in [1.82, 2.24) is 9.78 Å². The van der Waals surface area contributed by atoms with Gasteiger partial charge in [0.1, 0.15) is 5.75 Å². The van der Waals surface area contributed by atoms with Gasteiger partial charge in [0, 0.05) is 19.2 Å². The Morgan fingerprint density at radius 1 is 1.21 bits per heavy atom. The minimum Gasteiger partial charge on any atom is -0.422 e. The SMILES string of the molecule is Cn1nc(C(=O)Oc2ccc(Cl)c(Cl)c2)ccc1=O. The molecule has 0 fully saturated rings. The molecule has 19 heavy (non-hydrogen) atoms. The van der Waals surface area contributed by atoms with Gasteiger partial charge in [-0.1, -0.05) is 23.2 Å². The van der Waals surface area contributed by atoms with Crippen LogP contribution in [0.25, 0.3) is 0 Å². The van der Waals surface area contributed by atoms with Crippen molar-refractivity contribution in [2.24, 2.45) is 7.05 Å². The first kappa shape index (κ1) is 13.6. The number of rotatable bonds is 2. The Kier molecular flexibility index (Phi) is 3.87. The quantitative estimate of drug-likeness (QED) is 0.630. The van der Waals surface area contributed by atoms with E-state index in [-0.39, 0.29) is 22.0 Å². The Balaban J connectivity index is 2.22. The number of esters is 1. The lowest BCUT2D eigenvalue weighted by atomic mass is 10.3. The second-order valence-electron chi connectivity index (χ2n) is 3.65. The van der Waals surface area contributed by atoms with Crippen LogP contribution in [0, 0.1) is 0 Å². The molecule has 98 valence electrons. The average Bonchev–Trinajstić information content (AvgIpc) is 2.37. The molecule has 0 unspecified atom stereocenters. The van der Waals surface area contributed by atoms with Gasteiger partial charge < -0.3 is 4.74 Å². The average molecular weight is 299 g/mol. The van der Waals surface area contributed by atoms with Gasteiger partial charge in [0.15, 0.2) is 5.69 Å². The summed E-state index contributed by atoms with van der Waals surface area (Å²) in [6.07, 6.45) is 0. The van der Waals surface area contributed by atoms with Crippen molar-refractivity contribution < 1.29 is 9.53 Å². The summed E-state index contributed by atoms with van der Waals surface area (Å²) in [6, 6.07) is 6.97. The van der Waals surface area contributed by atoms with Crippen LogP contribution in [0.2, 0.25) is 10.0 Å². The molecule has 0 aliphatic rings. The Labute approximate surface area is 118 Å². The number of carbonyl (C=O) groups is 1. The van der Waals surface area contributed by atoms with Crippen LogP contribution in [-0.2, 0) is 7.05 Å². The van der Waals surface area contributed by atoms with Crippen LogP contribution in [0.4, 0.5) is 0 Å². The fraction of sp³-hybridized carbons (Fsp3) is 0.0833. The lowest BCUT2D eigenvalue weighted by molar-refractivity contribution is 0.0726. The van der Waals surface area contributed by atoms with Crippen LogP contribution in [0.3, 0.4) is 0 Å². The van der Waals surface area contributed by atoms with Gasteiger partial charge in [0.05, 0.1) is 10.0 Å². The summed E-state index contributed by atoms with van der Waals surface area (Å²) in [4.78, 5) is 22.9. The maximum absolute atomic E-state index is 11.8. The van der Waals surface area contributed by atoms with E-state index >= 15 is 0 Å². The summed E-state index contributed by atoms with van der Waals surface area (Å²) in [6.45, 7) is 0. The molecule has 0 N–H and O–H groups in total. The zero-order valence-electron chi connectivity index (χ0n) is 9.76. The van der Waals surface area contributed by atoms with E-state index < -0.39 is 5.97 Å². The van der Waals surface area contributed by atoms with E-state index in [2.05, 4.69) is 5.10 Å². The standard InChI is InChI=1S/C12H8Cl2N2O3/c1-16-11(17)5-4-10(15-16)12(18)19-7-2-3-8(13)9(14)6-7/h2-6H,1H3. The number of aromatic nitrogens is 2. The van der Waals surface area contributed by atoms with Crippen LogP contribution in [0.5, 0.6) is 5.75 Å². The van der Waals surface area contributed by atoms with Crippen LogP contribution in [0.1, 0.15) is 10.5 Å². The number of hydrogen-bond donors (Lipinski definition) is 0. The first-order valence-electron chi connectivity index (χ1n) is 5.19. The maximum atomic E-state index is 11.8. The summed E-state index contributed by atoms with van der Waals surface area (Å²) < 4.78 is 6.12. The van der Waals surface area contributed by atoms with Gasteiger partial charge in [-0.15, -0.1) is 0 Å². The van der Waals surface area contributed by atoms with Crippen LogP contribution < -0.4 is 10.3 Å². The molecule has 0 amide bonds. The first-order valence-corrected chi connectivity index (χ1v) is 5.94. The van der Waals surface area contributed by atoms with Crippen LogP contribution in [0.15, 0.2) is 35.1 Å². The molecule has 0 aliphatic carbocycles. The van der Waals surface area contributed by atoms with Gasteiger partial charge in [-0.25, -0.2) is 9.48 Å². The van der Waals surface area contributed by atoms with E-state index in [0.717, 1.165) is 4.68 Å². The van der Waals surface area contributed by atoms with Gasteiger partial charge in [-0.05, 0) is 18.2 Å². The Bertz CT molecular complexity index is 698. The second kappa shape index (κ2) is 5.42. The molecule has 0 atom stereocenters. The normalized spacial score (nSPS) is 10.3. The third kappa shape index (κ3) is 3.13. The molecule has 5 nitrogen and oxygen atoms in total. The number of ether oxygens (including phenoxy) is 1. The first-order chi connectivity index (χ1) is 8.97. The molecule has 0 radical (unpaired) electrons. The Morgan fingerprint density at radius 3 is 2.58 bits per heavy atom. The fourth-order valence-corrected chi connectivity index (χ4v) is 1.60. The Morgan fingerprint density at radius 2 is 1.95 bits per heavy atom. The predicted molar refractivity (Wildman–Crippen MR) is 70.9 cm³/mol. The fourth-order valence-electron chi connectivity index (χ4n) is 1.31. The summed E-state index contributed by atoms with van der Waals surface area (Å²) in [5.74, 6) is -0.441. The number of carbonyl (C=O) groups excluding carboxylic acids is 1. The molecule has 1 heterocycles. The molecule has 7 heteroatoms. The number of hydrogen-bond acceptors (Lipinski definition) is 4. The van der Waals surface area contributed by atoms with Crippen molar-refractivity contribution in [1.29, 1.82) is 0 Å². The van der Waals surface area contributed by atoms with E-state index in [9.17, 15) is 9.59 Å². The van der Waals surface area contributed by atoms with Crippen molar-refractivity contribution in [2.75, 3.05) is 0 Å². The van der Waals surface area contributed by atoms with Gasteiger partial charge >= 0.3 is 5.97 Å². The summed E-state index contributed by atoms with van der Waals surface area (Å²) in [7, 11) is 1.44. The van der Waals surface area contributed by atoms with Crippen LogP contribution >= 0.6 is 23.2 Å². The molecule has 0 saturated carbocycles. The van der Waals surface area contributed by atoms with Gasteiger partial charge in [0.25, 0.3) is 5.56 Å². The number of benzene rings is 1. The molecule has 0 aliphatic heterocycles. The maximum Gasteiger partial charge on any atom is 0.364 e. The third-order valence-corrected chi connectivity index (χ3v) is 3.01. The molecule has 0 spiro atoms. The molecular formula is C12H8Cl2N2O3. The zero-order chi connectivity index (χ0) is 14.0. The van der Waals surface area contributed by atoms with E-state index in [4.69, 9.17) is 27.9 Å². The predicted octanol–water partition coefficient (Wildman–Crippen LogP) is 2.31. The summed E-state index contributed by atoms with van der Waals surface area (Å²) in [5, 5.41) is 4.42. The Hall–Kier alpha value is -1.85. The number of nitrogens with zero attached hydrogens (tertiary/aromatic N) is 2. The number of aryl methyl sites for hydroxylation is 1. The molecule has 2 rings (SSSR count). The topological polar surface area (TPSA) is 61.2 Å². The number of halogens is 2. The smallest absolute Gasteiger partial charge is 0.364 e. The highest BCUT2D eigenvalue weighted by Crippen LogP contribution is 2.26. The molecule has 2 aromatic rings. The van der Waals surface area contributed by atoms with Crippen molar-refractivity contribution >= 4 is 29.2 Å². The van der Waals surface area contributed by atoms with Crippen molar-refractivity contribution in [3.05, 3.63) is 56.4 Å². The highest BCUT2D eigenvalue weighted by molar-refractivity contribution is 6.42. The van der Waals surface area contributed by atoms with E-state index in [1.165, 1.54) is 37.4 Å². The largest absolute Gasteiger partial charge is 0.422 e. The highest BCUT2D eigenvalue weighted by atomic mass is 35.5. The third-order valence-electron chi connectivity index (χ3n) is 2.27. The van der Waals surface area contributed by atoms with Crippen molar-refractivity contribution in [3.8, 4) is 5.75 Å². The monoisotopic (exact) mass is 298 g/mol. The van der Waals surface area contributed by atoms with E-state index in [1.54, 1.807) is 0 Å². The lowest BCUT2D eigenvalue weighted by Gasteiger charge is -2.05. The van der Waals surface area contributed by atoms with Gasteiger partial charge in [0.2, 0.25) is 0 Å². The molecule has 0 bridgehead atoms. The molecular weight excluding hydrogens is 291 g/mol. The minimum atomic E-state index is -0.686. The second-order valence-corrected chi connectivity index (χ2v) is 4.46. The van der Waals surface area contributed by atoms with E-state index in [0.29, 0.717) is 5.02 Å². The van der Waals surface area contributed by atoms with Gasteiger partial charge in [-0.2, -0.15) is 5.10 Å². The minimum absolute atomic E-state index is 0.0215. The lowest BCUT2D eigenvalue weighted by Crippen LogP contribution is -2.22. The zero-order valence-corrected chi connectivity index (χ0v) is 11.3. The van der Waals surface area contributed by atoms with Crippen molar-refractivity contribution in [3.63, 3.8) is 0 Å².